The molecule has 5 heteroatoms. The van der Waals surface area contributed by atoms with Gasteiger partial charge in [0, 0.05) is 28.4 Å². The minimum atomic E-state index is -0.206. The molecule has 3 aromatic carbocycles. The molecule has 0 bridgehead atoms. The van der Waals surface area contributed by atoms with Crippen LogP contribution in [0.25, 0.3) is 10.9 Å². The van der Waals surface area contributed by atoms with Gasteiger partial charge in [0.2, 0.25) is 0 Å². The van der Waals surface area contributed by atoms with Crippen molar-refractivity contribution in [3.8, 4) is 5.75 Å². The number of hydrogen-bond donors (Lipinski definition) is 1. The van der Waals surface area contributed by atoms with Gasteiger partial charge in [0.1, 0.15) is 5.75 Å². The van der Waals surface area contributed by atoms with E-state index in [1.54, 1.807) is 24.1 Å². The molecular weight excluding hydrogens is 388 g/mol. The number of hydrogen-bond acceptors (Lipinski definition) is 3. The molecule has 0 aliphatic heterocycles. The Bertz CT molecular complexity index is 1320. The second-order valence-electron chi connectivity index (χ2n) is 7.68. The third kappa shape index (κ3) is 4.36. The zero-order valence-electron chi connectivity index (χ0n) is 17.8. The van der Waals surface area contributed by atoms with Gasteiger partial charge < -0.3 is 14.6 Å². The average Bonchev–Trinajstić information content (AvgIpc) is 2.77. The molecule has 0 radical (unpaired) electrons. The van der Waals surface area contributed by atoms with Crippen LogP contribution in [0.4, 0.5) is 5.69 Å². The predicted octanol–water partition coefficient (Wildman–Crippen LogP) is 5.00. The maximum Gasteiger partial charge on any atom is 0.258 e. The molecule has 1 N–H and O–H groups in total. The van der Waals surface area contributed by atoms with Gasteiger partial charge in [-0.3, -0.25) is 9.59 Å². The number of aromatic amines is 1. The van der Waals surface area contributed by atoms with E-state index in [1.165, 1.54) is 0 Å². The first-order valence-corrected chi connectivity index (χ1v) is 10.1. The summed E-state index contributed by atoms with van der Waals surface area (Å²) in [5, 5.41) is 0.925. The Hall–Kier alpha value is -3.86. The van der Waals surface area contributed by atoms with Gasteiger partial charge in [0.25, 0.3) is 11.5 Å². The number of anilines is 1. The quantitative estimate of drug-likeness (QED) is 0.502. The molecular formula is C26H24N2O3. The fourth-order valence-electron chi connectivity index (χ4n) is 3.64. The summed E-state index contributed by atoms with van der Waals surface area (Å²) in [5.74, 6) is 0.461. The van der Waals surface area contributed by atoms with Crippen molar-refractivity contribution in [2.45, 2.75) is 20.4 Å². The second kappa shape index (κ2) is 8.48. The van der Waals surface area contributed by atoms with Crippen molar-refractivity contribution < 1.29 is 9.53 Å². The van der Waals surface area contributed by atoms with Crippen LogP contribution in [0.5, 0.6) is 5.75 Å². The summed E-state index contributed by atoms with van der Waals surface area (Å²) in [7, 11) is 1.59. The van der Waals surface area contributed by atoms with Crippen molar-refractivity contribution in [2.24, 2.45) is 0 Å². The molecule has 0 spiro atoms. The lowest BCUT2D eigenvalue weighted by Gasteiger charge is -2.23. The Morgan fingerprint density at radius 3 is 2.48 bits per heavy atom. The largest absolute Gasteiger partial charge is 0.497 e. The number of fused-ring (bicyclic) bond motifs is 1. The van der Waals surface area contributed by atoms with Crippen LogP contribution in [0.2, 0.25) is 0 Å². The normalized spacial score (nSPS) is 10.8. The molecule has 1 heterocycles. The number of nitrogens with one attached hydrogen (secondary N) is 1. The van der Waals surface area contributed by atoms with Gasteiger partial charge in [-0.05, 0) is 61.2 Å². The van der Waals surface area contributed by atoms with Crippen molar-refractivity contribution >= 4 is 22.5 Å². The molecule has 4 rings (SSSR count). The summed E-state index contributed by atoms with van der Waals surface area (Å²) in [5.41, 5.74) is 4.39. The summed E-state index contributed by atoms with van der Waals surface area (Å²) in [4.78, 5) is 30.9. The van der Waals surface area contributed by atoms with Crippen LogP contribution in [-0.4, -0.2) is 18.0 Å². The van der Waals surface area contributed by atoms with Crippen molar-refractivity contribution in [1.29, 1.82) is 0 Å². The highest BCUT2D eigenvalue weighted by atomic mass is 16.5. The average molecular weight is 412 g/mol. The van der Waals surface area contributed by atoms with Gasteiger partial charge in [-0.1, -0.05) is 35.9 Å². The lowest BCUT2D eigenvalue weighted by Crippen LogP contribution is -2.33. The topological polar surface area (TPSA) is 62.4 Å². The smallest absolute Gasteiger partial charge is 0.258 e. The molecule has 4 aromatic rings. The van der Waals surface area contributed by atoms with Crippen molar-refractivity contribution in [1.82, 2.24) is 4.98 Å². The van der Waals surface area contributed by atoms with Crippen molar-refractivity contribution in [2.75, 3.05) is 12.0 Å². The highest BCUT2D eigenvalue weighted by Crippen LogP contribution is 2.25. The van der Waals surface area contributed by atoms with Crippen LogP contribution in [0, 0.1) is 13.8 Å². The number of aryl methyl sites for hydroxylation is 2. The maximum absolute atomic E-state index is 13.5. The number of carbonyl (C=O) groups excluding carboxylic acids is 1. The SMILES string of the molecule is COc1cccc(N(Cc2cc3ccc(C)cc3[nH]c2=O)C(=O)c2cccc(C)c2)c1. The lowest BCUT2D eigenvalue weighted by molar-refractivity contribution is 0.0985. The number of aromatic nitrogens is 1. The maximum atomic E-state index is 13.5. The molecule has 1 amide bonds. The number of benzene rings is 3. The van der Waals surface area contributed by atoms with Crippen LogP contribution in [-0.2, 0) is 6.54 Å². The third-order valence-electron chi connectivity index (χ3n) is 5.28. The number of amides is 1. The number of methoxy groups -OCH3 is 1. The third-order valence-corrected chi connectivity index (χ3v) is 5.28. The van der Waals surface area contributed by atoms with Crippen LogP contribution >= 0.6 is 0 Å². The molecule has 31 heavy (non-hydrogen) atoms. The fraction of sp³-hybridized carbons (Fsp3) is 0.154. The number of H-pyrrole nitrogens is 1. The Labute approximate surface area is 180 Å². The molecule has 1 aromatic heterocycles. The van der Waals surface area contributed by atoms with E-state index in [9.17, 15) is 9.59 Å². The van der Waals surface area contributed by atoms with E-state index in [2.05, 4.69) is 4.98 Å². The number of carbonyl (C=O) groups is 1. The van der Waals surface area contributed by atoms with E-state index < -0.39 is 0 Å². The van der Waals surface area contributed by atoms with E-state index >= 15 is 0 Å². The van der Waals surface area contributed by atoms with E-state index in [4.69, 9.17) is 4.74 Å². The highest BCUT2D eigenvalue weighted by Gasteiger charge is 2.20. The van der Waals surface area contributed by atoms with E-state index in [1.807, 2.05) is 74.5 Å². The predicted molar refractivity (Wildman–Crippen MR) is 124 cm³/mol. The summed E-state index contributed by atoms with van der Waals surface area (Å²) in [6.45, 7) is 4.07. The Balaban J connectivity index is 1.80. The number of pyridine rings is 1. The Morgan fingerprint density at radius 1 is 0.935 bits per heavy atom. The molecule has 5 nitrogen and oxygen atoms in total. The lowest BCUT2D eigenvalue weighted by atomic mass is 10.1. The van der Waals surface area contributed by atoms with E-state index in [0.29, 0.717) is 22.6 Å². The van der Waals surface area contributed by atoms with Crippen molar-refractivity contribution in [3.05, 3.63) is 105 Å². The highest BCUT2D eigenvalue weighted by molar-refractivity contribution is 6.06. The minimum Gasteiger partial charge on any atom is -0.497 e. The molecule has 0 saturated heterocycles. The first kappa shape index (κ1) is 20.4. The molecule has 156 valence electrons. The van der Waals surface area contributed by atoms with Gasteiger partial charge in [0.15, 0.2) is 0 Å². The number of nitrogens with zero attached hydrogens (tertiary/aromatic N) is 1. The molecule has 0 aliphatic rings. The Kier molecular flexibility index (Phi) is 5.58. The molecule has 0 unspecified atom stereocenters. The van der Waals surface area contributed by atoms with Gasteiger partial charge >= 0.3 is 0 Å². The van der Waals surface area contributed by atoms with Gasteiger partial charge in [-0.2, -0.15) is 0 Å². The van der Waals surface area contributed by atoms with Gasteiger partial charge in [-0.25, -0.2) is 0 Å². The van der Waals surface area contributed by atoms with Crippen LogP contribution in [0.15, 0.2) is 77.6 Å². The molecule has 0 fully saturated rings. The Morgan fingerprint density at radius 2 is 1.71 bits per heavy atom. The standard InChI is InChI=1S/C26H24N2O3/c1-17-6-4-7-20(12-17)26(30)28(22-8-5-9-23(15-22)31-3)16-21-14-19-11-10-18(2)13-24(19)27-25(21)29/h4-15H,16H2,1-3H3,(H,27,29). The zero-order valence-corrected chi connectivity index (χ0v) is 17.8. The van der Waals surface area contributed by atoms with Crippen LogP contribution in [0.1, 0.15) is 27.0 Å². The van der Waals surface area contributed by atoms with Crippen molar-refractivity contribution in [3.63, 3.8) is 0 Å². The number of ether oxygens (including phenoxy) is 1. The molecule has 0 saturated carbocycles. The van der Waals surface area contributed by atoms with Gasteiger partial charge in [0.05, 0.1) is 13.7 Å². The van der Waals surface area contributed by atoms with Crippen LogP contribution in [0.3, 0.4) is 0 Å². The summed E-state index contributed by atoms with van der Waals surface area (Å²) >= 11 is 0. The van der Waals surface area contributed by atoms with Crippen LogP contribution < -0.4 is 15.2 Å². The summed E-state index contributed by atoms with van der Waals surface area (Å²) in [6.07, 6.45) is 0. The fourth-order valence-corrected chi connectivity index (χ4v) is 3.64. The number of rotatable bonds is 5. The summed E-state index contributed by atoms with van der Waals surface area (Å²) < 4.78 is 5.35. The monoisotopic (exact) mass is 412 g/mol. The zero-order chi connectivity index (χ0) is 22.0. The first-order chi connectivity index (χ1) is 14.9. The summed E-state index contributed by atoms with van der Waals surface area (Å²) in [6, 6.07) is 22.5. The minimum absolute atomic E-state index is 0.138. The molecule has 0 atom stereocenters. The molecule has 0 aliphatic carbocycles. The van der Waals surface area contributed by atoms with E-state index in [-0.39, 0.29) is 18.0 Å². The second-order valence-corrected chi connectivity index (χ2v) is 7.68. The first-order valence-electron chi connectivity index (χ1n) is 10.1. The van der Waals surface area contributed by atoms with Gasteiger partial charge in [-0.15, -0.1) is 0 Å². The van der Waals surface area contributed by atoms with E-state index in [0.717, 1.165) is 22.0 Å².